The molecule has 1 saturated heterocycles. The fourth-order valence-electron chi connectivity index (χ4n) is 1.94. The van der Waals surface area contributed by atoms with Crippen LogP contribution < -0.4 is 0 Å². The van der Waals surface area contributed by atoms with Gasteiger partial charge in [-0.2, -0.15) is 4.31 Å². The van der Waals surface area contributed by atoms with Crippen LogP contribution >= 0.6 is 0 Å². The number of sulfonamides is 1. The Morgan fingerprint density at radius 1 is 1.44 bits per heavy atom. The largest absolute Gasteiger partial charge is 0.446 e. The zero-order valence-electron chi connectivity index (χ0n) is 10.5. The first-order valence-electron chi connectivity index (χ1n) is 5.85. The highest BCUT2D eigenvalue weighted by Crippen LogP contribution is 2.21. The molecule has 0 saturated carbocycles. The van der Waals surface area contributed by atoms with E-state index < -0.39 is 10.0 Å². The minimum absolute atomic E-state index is 0.0942. The molecule has 0 bridgehead atoms. The summed E-state index contributed by atoms with van der Waals surface area (Å²) in [6.45, 7) is 3.30. The third-order valence-corrected chi connectivity index (χ3v) is 5.05. The Kier molecular flexibility index (Phi) is 3.76. The quantitative estimate of drug-likeness (QED) is 0.846. The lowest BCUT2D eigenvalue weighted by atomic mass is 10.2. The molecule has 0 radical (unpaired) electrons. The summed E-state index contributed by atoms with van der Waals surface area (Å²) in [6, 6.07) is 3.05. The summed E-state index contributed by atoms with van der Waals surface area (Å²) in [7, 11) is -1.60. The molecule has 2 rings (SSSR count). The third kappa shape index (κ3) is 2.44. The molecule has 7 heteroatoms. The summed E-state index contributed by atoms with van der Waals surface area (Å²) in [6.07, 6.45) is 0. The van der Waals surface area contributed by atoms with Gasteiger partial charge in [-0.3, -0.25) is 0 Å². The predicted octanol–water partition coefficient (Wildman–Crippen LogP) is 0.0965. The van der Waals surface area contributed by atoms with Crippen molar-refractivity contribution in [2.24, 2.45) is 0 Å². The smallest absolute Gasteiger partial charge is 0.276 e. The van der Waals surface area contributed by atoms with E-state index in [1.54, 1.807) is 0 Å². The van der Waals surface area contributed by atoms with Gasteiger partial charge in [-0.15, -0.1) is 0 Å². The lowest BCUT2D eigenvalue weighted by Gasteiger charge is -2.36. The average molecular weight is 274 g/mol. The summed E-state index contributed by atoms with van der Waals surface area (Å²) in [5.74, 6) is 0.260. The van der Waals surface area contributed by atoms with Gasteiger partial charge in [0.25, 0.3) is 10.0 Å². The van der Waals surface area contributed by atoms with Gasteiger partial charge < -0.3 is 14.4 Å². The van der Waals surface area contributed by atoms with Crippen LogP contribution in [0.3, 0.4) is 0 Å². The van der Waals surface area contributed by atoms with E-state index in [2.05, 4.69) is 4.90 Å². The Bertz CT molecular complexity index is 511. The van der Waals surface area contributed by atoms with Crippen LogP contribution in [-0.2, 0) is 16.6 Å². The number of likely N-dealkylation sites (N-methyl/N-ethyl adjacent to an activating group) is 1. The minimum Gasteiger partial charge on any atom is -0.446 e. The summed E-state index contributed by atoms with van der Waals surface area (Å²) in [5.41, 5.74) is 0. The fraction of sp³-hybridized carbons (Fsp3) is 0.636. The monoisotopic (exact) mass is 274 g/mol. The Morgan fingerprint density at radius 3 is 2.72 bits per heavy atom. The number of nitrogens with zero attached hydrogens (tertiary/aromatic N) is 2. The van der Waals surface area contributed by atoms with Crippen LogP contribution in [0.15, 0.2) is 21.6 Å². The predicted molar refractivity (Wildman–Crippen MR) is 65.5 cm³/mol. The first-order chi connectivity index (χ1) is 8.45. The number of hydrogen-bond acceptors (Lipinski definition) is 5. The SMILES string of the molecule is CC1CN(S(=O)(=O)c2ccc(CO)o2)CCN1C. The van der Waals surface area contributed by atoms with Crippen LogP contribution in [0.2, 0.25) is 0 Å². The molecule has 0 aliphatic carbocycles. The molecule has 0 aromatic carbocycles. The highest BCUT2D eigenvalue weighted by atomic mass is 32.2. The molecule has 18 heavy (non-hydrogen) atoms. The Balaban J connectivity index is 2.21. The molecule has 102 valence electrons. The second-order valence-corrected chi connectivity index (χ2v) is 6.44. The molecule has 2 heterocycles. The summed E-state index contributed by atoms with van der Waals surface area (Å²) < 4.78 is 31.1. The van der Waals surface area contributed by atoms with Gasteiger partial charge in [-0.1, -0.05) is 0 Å². The van der Waals surface area contributed by atoms with Crippen LogP contribution in [-0.4, -0.2) is 55.5 Å². The molecule has 1 atom stereocenters. The van der Waals surface area contributed by atoms with Crippen LogP contribution in [0.1, 0.15) is 12.7 Å². The van der Waals surface area contributed by atoms with E-state index in [1.807, 2.05) is 14.0 Å². The normalized spacial score (nSPS) is 23.4. The molecule has 1 aliphatic heterocycles. The van der Waals surface area contributed by atoms with E-state index in [0.29, 0.717) is 19.6 Å². The molecule has 1 aromatic heterocycles. The zero-order valence-corrected chi connectivity index (χ0v) is 11.4. The summed E-state index contributed by atoms with van der Waals surface area (Å²) in [4.78, 5) is 2.12. The third-order valence-electron chi connectivity index (χ3n) is 3.31. The standard InChI is InChI=1S/C11H18N2O4S/c1-9-7-13(6-5-12(9)2)18(15,16)11-4-3-10(8-14)17-11/h3-4,9,14H,5-8H2,1-2H3. The van der Waals surface area contributed by atoms with Gasteiger partial charge in [0.05, 0.1) is 0 Å². The van der Waals surface area contributed by atoms with E-state index in [0.717, 1.165) is 0 Å². The second kappa shape index (κ2) is 5.00. The summed E-state index contributed by atoms with van der Waals surface area (Å²) in [5, 5.41) is 8.80. The highest BCUT2D eigenvalue weighted by molar-refractivity contribution is 7.89. The first kappa shape index (κ1) is 13.5. The maximum Gasteiger partial charge on any atom is 0.276 e. The van der Waals surface area contributed by atoms with E-state index >= 15 is 0 Å². The number of furan rings is 1. The fourth-order valence-corrected chi connectivity index (χ4v) is 3.38. The van der Waals surface area contributed by atoms with Crippen molar-refractivity contribution in [2.75, 3.05) is 26.7 Å². The number of rotatable bonds is 3. The van der Waals surface area contributed by atoms with Crippen molar-refractivity contribution in [2.45, 2.75) is 24.7 Å². The second-order valence-electron chi connectivity index (χ2n) is 4.57. The van der Waals surface area contributed by atoms with Gasteiger partial charge in [-0.05, 0) is 26.1 Å². The maximum absolute atomic E-state index is 12.3. The molecule has 0 amide bonds. The molecule has 1 aromatic rings. The van der Waals surface area contributed by atoms with Gasteiger partial charge in [0, 0.05) is 25.7 Å². The van der Waals surface area contributed by atoms with Crippen LogP contribution in [0.4, 0.5) is 0 Å². The van der Waals surface area contributed by atoms with Gasteiger partial charge in [0.1, 0.15) is 12.4 Å². The van der Waals surface area contributed by atoms with Crippen molar-refractivity contribution < 1.29 is 17.9 Å². The molecular formula is C11H18N2O4S. The minimum atomic E-state index is -3.58. The lowest BCUT2D eigenvalue weighted by molar-refractivity contribution is 0.157. The van der Waals surface area contributed by atoms with Crippen molar-refractivity contribution in [1.82, 2.24) is 9.21 Å². The molecule has 1 unspecified atom stereocenters. The lowest BCUT2D eigenvalue weighted by Crippen LogP contribution is -2.51. The summed E-state index contributed by atoms with van der Waals surface area (Å²) >= 11 is 0. The number of hydrogen-bond donors (Lipinski definition) is 1. The number of aliphatic hydroxyl groups excluding tert-OH is 1. The van der Waals surface area contributed by atoms with Crippen molar-refractivity contribution >= 4 is 10.0 Å². The van der Waals surface area contributed by atoms with Crippen molar-refractivity contribution in [3.05, 3.63) is 17.9 Å². The number of piperazine rings is 1. The van der Waals surface area contributed by atoms with Gasteiger partial charge in [-0.25, -0.2) is 8.42 Å². The van der Waals surface area contributed by atoms with Crippen molar-refractivity contribution in [3.63, 3.8) is 0 Å². The van der Waals surface area contributed by atoms with Gasteiger partial charge in [0.15, 0.2) is 0 Å². The topological polar surface area (TPSA) is 74.0 Å². The Hall–Kier alpha value is -0.890. The van der Waals surface area contributed by atoms with Crippen molar-refractivity contribution in [3.8, 4) is 0 Å². The maximum atomic E-state index is 12.3. The highest BCUT2D eigenvalue weighted by Gasteiger charge is 2.32. The molecule has 1 aliphatic rings. The molecule has 1 fully saturated rings. The van der Waals surface area contributed by atoms with Crippen molar-refractivity contribution in [1.29, 1.82) is 0 Å². The van der Waals surface area contributed by atoms with Gasteiger partial charge >= 0.3 is 0 Å². The van der Waals surface area contributed by atoms with E-state index in [1.165, 1.54) is 16.4 Å². The zero-order chi connectivity index (χ0) is 13.3. The van der Waals surface area contributed by atoms with E-state index in [9.17, 15) is 8.42 Å². The number of aliphatic hydroxyl groups is 1. The molecule has 6 nitrogen and oxygen atoms in total. The first-order valence-corrected chi connectivity index (χ1v) is 7.29. The molecular weight excluding hydrogens is 256 g/mol. The molecule has 1 N–H and O–H groups in total. The van der Waals surface area contributed by atoms with Gasteiger partial charge in [0.2, 0.25) is 5.09 Å². The van der Waals surface area contributed by atoms with Crippen LogP contribution in [0, 0.1) is 0 Å². The van der Waals surface area contributed by atoms with Crippen LogP contribution in [0.25, 0.3) is 0 Å². The average Bonchev–Trinajstić information content (AvgIpc) is 2.81. The Labute approximate surface area is 107 Å². The van der Waals surface area contributed by atoms with E-state index in [4.69, 9.17) is 9.52 Å². The van der Waals surface area contributed by atoms with E-state index in [-0.39, 0.29) is 23.5 Å². The Morgan fingerprint density at radius 2 is 2.17 bits per heavy atom. The van der Waals surface area contributed by atoms with Crippen LogP contribution in [0.5, 0.6) is 0 Å². The molecule has 0 spiro atoms.